The lowest BCUT2D eigenvalue weighted by Crippen LogP contribution is -2.19. The number of aliphatic carboxylic acids is 2. The van der Waals surface area contributed by atoms with Crippen molar-refractivity contribution in [3.8, 4) is 0 Å². The maximum Gasteiger partial charge on any atom is 0.371 e. The molecule has 0 spiro atoms. The molecule has 0 aliphatic heterocycles. The van der Waals surface area contributed by atoms with E-state index in [0.717, 1.165) is 0 Å². The first-order chi connectivity index (χ1) is 7.27. The molecule has 0 fully saturated rings. The molecule has 0 aromatic carbocycles. The molecule has 0 rings (SSSR count). The van der Waals surface area contributed by atoms with Gasteiger partial charge in [-0.05, 0) is 11.8 Å². The Morgan fingerprint density at radius 3 is 1.81 bits per heavy atom. The van der Waals surface area contributed by atoms with Crippen LogP contribution in [-0.4, -0.2) is 28.8 Å². The van der Waals surface area contributed by atoms with Gasteiger partial charge in [-0.15, -0.1) is 0 Å². The molecule has 0 unspecified atom stereocenters. The van der Waals surface area contributed by atoms with Crippen LogP contribution in [0.1, 0.15) is 27.7 Å². The Kier molecular flexibility index (Phi) is 5.56. The molecular formula is C11H18O5. The van der Waals surface area contributed by atoms with Gasteiger partial charge < -0.3 is 14.9 Å². The van der Waals surface area contributed by atoms with E-state index in [-0.39, 0.29) is 18.1 Å². The van der Waals surface area contributed by atoms with Crippen LogP contribution in [0.2, 0.25) is 0 Å². The summed E-state index contributed by atoms with van der Waals surface area (Å²) in [5, 5.41) is 17.8. The van der Waals surface area contributed by atoms with Crippen molar-refractivity contribution in [2.75, 3.05) is 6.61 Å². The zero-order chi connectivity index (χ0) is 12.9. The quantitative estimate of drug-likeness (QED) is 0.536. The summed E-state index contributed by atoms with van der Waals surface area (Å²) >= 11 is 0. The average Bonchev–Trinajstić information content (AvgIpc) is 2.09. The Bertz CT molecular complexity index is 301. The standard InChI is InChI=1S/C11H18O5/c1-6(2)5-16-9(11(14)15)8(7(3)4)10(12)13/h6-7H,5H2,1-4H3,(H,12,13)(H,14,15)/b9-8+. The molecule has 5 heteroatoms. The third-order valence-corrected chi connectivity index (χ3v) is 1.81. The molecule has 0 amide bonds. The fourth-order valence-electron chi connectivity index (χ4n) is 1.11. The van der Waals surface area contributed by atoms with E-state index in [9.17, 15) is 9.59 Å². The van der Waals surface area contributed by atoms with Gasteiger partial charge in [-0.1, -0.05) is 27.7 Å². The third kappa shape index (κ3) is 4.33. The van der Waals surface area contributed by atoms with Crippen molar-refractivity contribution in [1.82, 2.24) is 0 Å². The summed E-state index contributed by atoms with van der Waals surface area (Å²) in [6.07, 6.45) is 0. The lowest BCUT2D eigenvalue weighted by Gasteiger charge is -2.14. The molecule has 0 bridgehead atoms. The fourth-order valence-corrected chi connectivity index (χ4v) is 1.11. The normalized spacial score (nSPS) is 12.6. The Morgan fingerprint density at radius 1 is 1.06 bits per heavy atom. The zero-order valence-electron chi connectivity index (χ0n) is 9.98. The Morgan fingerprint density at radius 2 is 1.56 bits per heavy atom. The van der Waals surface area contributed by atoms with Crippen LogP contribution in [-0.2, 0) is 14.3 Å². The van der Waals surface area contributed by atoms with Crippen LogP contribution in [0, 0.1) is 11.8 Å². The molecule has 5 nitrogen and oxygen atoms in total. The van der Waals surface area contributed by atoms with E-state index in [1.165, 1.54) is 0 Å². The number of carboxylic acids is 2. The first kappa shape index (κ1) is 14.5. The van der Waals surface area contributed by atoms with Crippen LogP contribution in [0.25, 0.3) is 0 Å². The van der Waals surface area contributed by atoms with Gasteiger partial charge in [0.1, 0.15) is 0 Å². The van der Waals surface area contributed by atoms with Gasteiger partial charge in [0.25, 0.3) is 0 Å². The predicted octanol–water partition coefficient (Wildman–Crippen LogP) is 1.74. The highest BCUT2D eigenvalue weighted by atomic mass is 16.5. The summed E-state index contributed by atoms with van der Waals surface area (Å²) in [7, 11) is 0. The van der Waals surface area contributed by atoms with Crippen LogP contribution in [0.15, 0.2) is 11.3 Å². The minimum atomic E-state index is -1.34. The molecule has 92 valence electrons. The molecule has 0 heterocycles. The molecule has 0 radical (unpaired) electrons. The van der Waals surface area contributed by atoms with Crippen molar-refractivity contribution in [1.29, 1.82) is 0 Å². The smallest absolute Gasteiger partial charge is 0.371 e. The van der Waals surface area contributed by atoms with Gasteiger partial charge in [0.2, 0.25) is 5.76 Å². The lowest BCUT2D eigenvalue weighted by molar-refractivity contribution is -0.139. The Hall–Kier alpha value is -1.52. The maximum absolute atomic E-state index is 10.9. The largest absolute Gasteiger partial charge is 0.486 e. The number of hydrogen-bond acceptors (Lipinski definition) is 3. The van der Waals surface area contributed by atoms with Crippen LogP contribution in [0.3, 0.4) is 0 Å². The first-order valence-corrected chi connectivity index (χ1v) is 5.10. The van der Waals surface area contributed by atoms with Gasteiger partial charge in [-0.25, -0.2) is 9.59 Å². The van der Waals surface area contributed by atoms with E-state index in [4.69, 9.17) is 14.9 Å². The number of carboxylic acid groups (broad SMARTS) is 2. The summed E-state index contributed by atoms with van der Waals surface area (Å²) in [6.45, 7) is 7.13. The molecule has 0 aromatic rings. The van der Waals surface area contributed by atoms with Gasteiger partial charge in [0, 0.05) is 0 Å². The molecule has 0 saturated carbocycles. The van der Waals surface area contributed by atoms with Crippen LogP contribution < -0.4 is 0 Å². The second kappa shape index (κ2) is 6.15. The SMILES string of the molecule is CC(C)CO/C(C(=O)O)=C(/C(=O)O)C(C)C. The van der Waals surface area contributed by atoms with E-state index < -0.39 is 23.6 Å². The average molecular weight is 230 g/mol. The van der Waals surface area contributed by atoms with Crippen LogP contribution >= 0.6 is 0 Å². The summed E-state index contributed by atoms with van der Waals surface area (Å²) in [4.78, 5) is 21.8. The van der Waals surface area contributed by atoms with Crippen molar-refractivity contribution < 1.29 is 24.5 Å². The Balaban J connectivity index is 5.16. The molecule has 2 N–H and O–H groups in total. The maximum atomic E-state index is 10.9. The Labute approximate surface area is 94.7 Å². The summed E-state index contributed by atoms with van der Waals surface area (Å²) in [6, 6.07) is 0. The molecule has 16 heavy (non-hydrogen) atoms. The fraction of sp³-hybridized carbons (Fsp3) is 0.636. The second-order valence-corrected chi connectivity index (χ2v) is 4.21. The van der Waals surface area contributed by atoms with Crippen molar-refractivity contribution in [3.63, 3.8) is 0 Å². The molecule has 0 aliphatic carbocycles. The van der Waals surface area contributed by atoms with Crippen LogP contribution in [0.5, 0.6) is 0 Å². The van der Waals surface area contributed by atoms with Gasteiger partial charge in [0.05, 0.1) is 12.2 Å². The van der Waals surface area contributed by atoms with Gasteiger partial charge in [-0.3, -0.25) is 0 Å². The summed E-state index contributed by atoms with van der Waals surface area (Å²) in [5.41, 5.74) is -0.201. The number of ether oxygens (including phenoxy) is 1. The minimum Gasteiger partial charge on any atom is -0.486 e. The van der Waals surface area contributed by atoms with E-state index in [1.54, 1.807) is 13.8 Å². The van der Waals surface area contributed by atoms with Crippen molar-refractivity contribution in [3.05, 3.63) is 11.3 Å². The molecule has 0 saturated heterocycles. The molecular weight excluding hydrogens is 212 g/mol. The molecule has 0 aliphatic rings. The molecule has 0 atom stereocenters. The van der Waals surface area contributed by atoms with E-state index in [0.29, 0.717) is 0 Å². The lowest BCUT2D eigenvalue weighted by atomic mass is 10.0. The summed E-state index contributed by atoms with van der Waals surface area (Å²) in [5.74, 6) is -3.33. The summed E-state index contributed by atoms with van der Waals surface area (Å²) < 4.78 is 5.05. The highest BCUT2D eigenvalue weighted by molar-refractivity contribution is 5.97. The molecule has 0 aromatic heterocycles. The third-order valence-electron chi connectivity index (χ3n) is 1.81. The van der Waals surface area contributed by atoms with Crippen molar-refractivity contribution in [2.24, 2.45) is 11.8 Å². The van der Waals surface area contributed by atoms with Crippen molar-refractivity contribution in [2.45, 2.75) is 27.7 Å². The first-order valence-electron chi connectivity index (χ1n) is 5.10. The van der Waals surface area contributed by atoms with E-state index in [1.807, 2.05) is 13.8 Å². The van der Waals surface area contributed by atoms with E-state index in [2.05, 4.69) is 0 Å². The predicted molar refractivity (Wildman–Crippen MR) is 57.9 cm³/mol. The highest BCUT2D eigenvalue weighted by Crippen LogP contribution is 2.17. The number of hydrogen-bond donors (Lipinski definition) is 2. The number of carbonyl (C=O) groups is 2. The van der Waals surface area contributed by atoms with Gasteiger partial charge in [0.15, 0.2) is 0 Å². The zero-order valence-corrected chi connectivity index (χ0v) is 9.98. The second-order valence-electron chi connectivity index (χ2n) is 4.21. The highest BCUT2D eigenvalue weighted by Gasteiger charge is 2.24. The number of rotatable bonds is 6. The minimum absolute atomic E-state index is 0.136. The van der Waals surface area contributed by atoms with Crippen molar-refractivity contribution >= 4 is 11.9 Å². The van der Waals surface area contributed by atoms with Gasteiger partial charge >= 0.3 is 11.9 Å². The topological polar surface area (TPSA) is 83.8 Å². The van der Waals surface area contributed by atoms with E-state index >= 15 is 0 Å². The monoisotopic (exact) mass is 230 g/mol. The van der Waals surface area contributed by atoms with Gasteiger partial charge in [-0.2, -0.15) is 0 Å². The van der Waals surface area contributed by atoms with Crippen LogP contribution in [0.4, 0.5) is 0 Å².